The number of hydrogen-bond donors (Lipinski definition) is 2. The second-order valence-corrected chi connectivity index (χ2v) is 16.3. The van der Waals surface area contributed by atoms with Gasteiger partial charge in [-0.1, -0.05) is 12.1 Å². The van der Waals surface area contributed by atoms with Crippen molar-refractivity contribution >= 4 is 29.1 Å². The second-order valence-electron chi connectivity index (χ2n) is 16.3. The third-order valence-electron chi connectivity index (χ3n) is 13.1. The van der Waals surface area contributed by atoms with Crippen molar-refractivity contribution < 1.29 is 33.4 Å². The average molecular weight is 752 g/mol. The van der Waals surface area contributed by atoms with Crippen LogP contribution in [0, 0.1) is 23.6 Å². The Morgan fingerprint density at radius 2 is 1.64 bits per heavy atom. The molecule has 55 heavy (non-hydrogen) atoms. The minimum atomic E-state index is -0.607. The molecule has 3 aromatic carbocycles. The molecular formula is C43H50FN5O6. The number of piperidine rings is 2. The Balaban J connectivity index is 0.787. The number of aromatic hydroxyl groups is 1. The predicted molar refractivity (Wildman–Crippen MR) is 205 cm³/mol. The van der Waals surface area contributed by atoms with Crippen LogP contribution in [0.5, 0.6) is 11.5 Å². The standard InChI is InChI=1S/C43H50FN5O6/c44-36-22-29(41-34-5-3-32(50)23-39(34)55-26-35(41)28-11-19-54-20-12-28)1-6-37(36)48-13-9-27(10-14-48)24-46-15-17-47(18-16-46)31-2-4-33-30(21-31)25-49(43(33)53)38-7-8-40(51)45-42(38)52/h1-6,21-23,27-28,35,38,41,50H,7-20,24-26H2,(H,45,51,52)/t35-,38-,41-/m1/s1. The zero-order valence-electron chi connectivity index (χ0n) is 31.3. The van der Waals surface area contributed by atoms with Crippen molar-refractivity contribution in [3.63, 3.8) is 0 Å². The highest BCUT2D eigenvalue weighted by Crippen LogP contribution is 2.48. The summed E-state index contributed by atoms with van der Waals surface area (Å²) in [6.07, 6.45) is 4.59. The quantitative estimate of drug-likeness (QED) is 0.326. The number of imide groups is 1. The lowest BCUT2D eigenvalue weighted by Gasteiger charge is -2.41. The maximum Gasteiger partial charge on any atom is 0.255 e. The largest absolute Gasteiger partial charge is 0.508 e. The number of anilines is 2. The maximum atomic E-state index is 16.1. The van der Waals surface area contributed by atoms with Gasteiger partial charge in [-0.2, -0.15) is 0 Å². The summed E-state index contributed by atoms with van der Waals surface area (Å²) >= 11 is 0. The van der Waals surface area contributed by atoms with Crippen molar-refractivity contribution in [1.82, 2.24) is 15.1 Å². The predicted octanol–water partition coefficient (Wildman–Crippen LogP) is 4.90. The zero-order chi connectivity index (χ0) is 37.6. The normalized spacial score (nSPS) is 25.4. The third-order valence-corrected chi connectivity index (χ3v) is 13.1. The molecule has 3 atom stereocenters. The van der Waals surface area contributed by atoms with Crippen LogP contribution in [-0.4, -0.2) is 104 Å². The summed E-state index contributed by atoms with van der Waals surface area (Å²) < 4.78 is 27.9. The number of amides is 3. The third kappa shape index (κ3) is 7.15. The van der Waals surface area contributed by atoms with E-state index in [1.165, 1.54) is 0 Å². The topological polar surface area (TPSA) is 115 Å². The van der Waals surface area contributed by atoms with Gasteiger partial charge in [0.1, 0.15) is 23.4 Å². The first kappa shape index (κ1) is 36.0. The summed E-state index contributed by atoms with van der Waals surface area (Å²) in [6, 6.07) is 16.5. The number of ether oxygens (including phenoxy) is 2. The van der Waals surface area contributed by atoms with Crippen molar-refractivity contribution in [2.24, 2.45) is 17.8 Å². The van der Waals surface area contributed by atoms with Gasteiger partial charge < -0.3 is 29.3 Å². The summed E-state index contributed by atoms with van der Waals surface area (Å²) in [5.74, 6) is 1.05. The lowest BCUT2D eigenvalue weighted by molar-refractivity contribution is -0.136. The van der Waals surface area contributed by atoms with Crippen LogP contribution in [-0.2, 0) is 20.9 Å². The van der Waals surface area contributed by atoms with Crippen LogP contribution in [0.2, 0.25) is 0 Å². The number of benzene rings is 3. The van der Waals surface area contributed by atoms with Crippen LogP contribution in [0.4, 0.5) is 15.8 Å². The van der Waals surface area contributed by atoms with Gasteiger partial charge in [0.25, 0.3) is 5.91 Å². The van der Waals surface area contributed by atoms with Gasteiger partial charge in [-0.25, -0.2) is 4.39 Å². The second kappa shape index (κ2) is 15.1. The molecule has 4 fully saturated rings. The van der Waals surface area contributed by atoms with Crippen LogP contribution in [0.3, 0.4) is 0 Å². The van der Waals surface area contributed by atoms with E-state index >= 15 is 4.39 Å². The molecule has 6 heterocycles. The minimum Gasteiger partial charge on any atom is -0.508 e. The number of phenols is 1. The van der Waals surface area contributed by atoms with Gasteiger partial charge in [-0.15, -0.1) is 0 Å². The molecule has 11 nitrogen and oxygen atoms in total. The van der Waals surface area contributed by atoms with Gasteiger partial charge >= 0.3 is 0 Å². The minimum absolute atomic E-state index is 0.00977. The molecule has 4 saturated heterocycles. The van der Waals surface area contributed by atoms with Gasteiger partial charge in [0.05, 0.1) is 12.3 Å². The van der Waals surface area contributed by atoms with E-state index in [0.29, 0.717) is 48.4 Å². The molecule has 0 unspecified atom stereocenters. The summed E-state index contributed by atoms with van der Waals surface area (Å²) in [5, 5.41) is 12.5. The van der Waals surface area contributed by atoms with E-state index in [1.54, 1.807) is 23.1 Å². The number of halogens is 1. The molecule has 2 N–H and O–H groups in total. The number of nitrogens with one attached hydrogen (secondary N) is 1. The van der Waals surface area contributed by atoms with Crippen molar-refractivity contribution in [3.05, 3.63) is 82.7 Å². The Hall–Kier alpha value is -4.68. The molecule has 0 bridgehead atoms. The fourth-order valence-electron chi connectivity index (χ4n) is 10.0. The van der Waals surface area contributed by atoms with Gasteiger partial charge in [0.15, 0.2) is 0 Å². The molecule has 0 saturated carbocycles. The van der Waals surface area contributed by atoms with Crippen LogP contribution in [0.25, 0.3) is 0 Å². The number of hydrogen-bond acceptors (Lipinski definition) is 9. The molecule has 0 spiro atoms. The molecular weight excluding hydrogens is 702 g/mol. The first-order valence-corrected chi connectivity index (χ1v) is 20.1. The fraction of sp³-hybridized carbons (Fsp3) is 0.512. The van der Waals surface area contributed by atoms with Crippen molar-refractivity contribution in [1.29, 1.82) is 0 Å². The fourth-order valence-corrected chi connectivity index (χ4v) is 10.0. The molecule has 3 aromatic rings. The summed E-state index contributed by atoms with van der Waals surface area (Å²) in [7, 11) is 0. The van der Waals surface area contributed by atoms with E-state index in [-0.39, 0.29) is 47.5 Å². The van der Waals surface area contributed by atoms with E-state index in [1.807, 2.05) is 24.3 Å². The number of nitrogens with zero attached hydrogens (tertiary/aromatic N) is 4. The summed E-state index contributed by atoms with van der Waals surface area (Å²) in [4.78, 5) is 46.0. The van der Waals surface area contributed by atoms with E-state index in [4.69, 9.17) is 9.47 Å². The Bertz CT molecular complexity index is 1950. The van der Waals surface area contributed by atoms with Crippen molar-refractivity contribution in [3.8, 4) is 11.5 Å². The number of rotatable bonds is 7. The molecule has 0 aromatic heterocycles. The highest BCUT2D eigenvalue weighted by molar-refractivity contribution is 6.05. The maximum absolute atomic E-state index is 16.1. The van der Waals surface area contributed by atoms with E-state index < -0.39 is 6.04 Å². The number of carbonyl (C=O) groups is 3. The average Bonchev–Trinajstić information content (AvgIpc) is 3.53. The lowest BCUT2D eigenvalue weighted by atomic mass is 9.71. The van der Waals surface area contributed by atoms with E-state index in [0.717, 1.165) is 107 Å². The molecule has 0 radical (unpaired) electrons. The SMILES string of the molecule is O=C1CC[C@@H](N2Cc3cc(N4CCN(CC5CCN(c6ccc([C@@H]7c8ccc(O)cc8OC[C@@H]7C7CCOCC7)cc6F)CC5)CC4)ccc3C2=O)C(=O)N1. The number of piperazine rings is 1. The van der Waals surface area contributed by atoms with Crippen LogP contribution < -0.4 is 19.9 Å². The van der Waals surface area contributed by atoms with Crippen LogP contribution in [0.15, 0.2) is 54.6 Å². The Kier molecular flexibility index (Phi) is 9.88. The number of carbonyl (C=O) groups excluding carboxylic acids is 3. The van der Waals surface area contributed by atoms with Crippen LogP contribution >= 0.6 is 0 Å². The first-order chi connectivity index (χ1) is 26.8. The first-order valence-electron chi connectivity index (χ1n) is 20.1. The van der Waals surface area contributed by atoms with Gasteiger partial charge in [0.2, 0.25) is 11.8 Å². The van der Waals surface area contributed by atoms with E-state index in [2.05, 4.69) is 32.1 Å². The molecule has 9 rings (SSSR count). The Morgan fingerprint density at radius 3 is 2.40 bits per heavy atom. The molecule has 290 valence electrons. The Labute approximate surface area is 321 Å². The molecule has 6 aliphatic rings. The van der Waals surface area contributed by atoms with Gasteiger partial charge in [-0.05, 0) is 91.5 Å². The molecule has 12 heteroatoms. The van der Waals surface area contributed by atoms with Gasteiger partial charge in [-0.3, -0.25) is 24.6 Å². The number of fused-ring (bicyclic) bond motifs is 2. The van der Waals surface area contributed by atoms with Crippen LogP contribution in [0.1, 0.15) is 71.5 Å². The smallest absolute Gasteiger partial charge is 0.255 e. The van der Waals surface area contributed by atoms with E-state index in [9.17, 15) is 19.5 Å². The summed E-state index contributed by atoms with van der Waals surface area (Å²) in [6.45, 7) is 8.81. The Morgan fingerprint density at radius 1 is 0.836 bits per heavy atom. The number of phenolic OH excluding ortho intramolecular Hbond substituents is 1. The van der Waals surface area contributed by atoms with Crippen molar-refractivity contribution in [2.75, 3.05) is 75.4 Å². The van der Waals surface area contributed by atoms with Crippen molar-refractivity contribution in [2.45, 2.75) is 57.0 Å². The lowest BCUT2D eigenvalue weighted by Crippen LogP contribution is -2.52. The highest BCUT2D eigenvalue weighted by Gasteiger charge is 2.40. The van der Waals surface area contributed by atoms with Gasteiger partial charge in [0, 0.05) is 107 Å². The molecule has 0 aliphatic carbocycles. The molecule has 3 amide bonds. The highest BCUT2D eigenvalue weighted by atomic mass is 19.1. The zero-order valence-corrected chi connectivity index (χ0v) is 31.3. The summed E-state index contributed by atoms with van der Waals surface area (Å²) in [5.41, 5.74) is 5.31. The monoisotopic (exact) mass is 751 g/mol. The molecule has 6 aliphatic heterocycles.